The maximum atomic E-state index is 5.22. The maximum Gasteiger partial charge on any atom is 0.160 e. The normalized spacial score (nSPS) is 12.9. The number of aromatic nitrogens is 3. The van der Waals surface area contributed by atoms with Crippen LogP contribution in [0.15, 0.2) is 164 Å². The molecule has 0 aliphatic heterocycles. The lowest BCUT2D eigenvalue weighted by atomic mass is 9.78. The zero-order chi connectivity index (χ0) is 33.0. The van der Waals surface area contributed by atoms with Gasteiger partial charge in [-0.25, -0.2) is 9.97 Å². The van der Waals surface area contributed by atoms with E-state index in [-0.39, 0.29) is 5.41 Å². The Bertz CT molecular complexity index is 2520. The van der Waals surface area contributed by atoms with Gasteiger partial charge in [0.25, 0.3) is 0 Å². The molecule has 0 bridgehead atoms. The standard InChI is InChI=1S/C46H33N3/c1-46(2)41-23-9-8-20-37(41)40-22-11-21-39(44(40)46)36-24-25-38(35-19-7-6-18-34(35)36)43-28-42(48-45(49-43)30-13-4-3-5-14-30)32-16-10-15-31(27-32)33-17-12-26-47-29-33/h3-29H,1-2H3. The summed E-state index contributed by atoms with van der Waals surface area (Å²) in [5.41, 5.74) is 14.9. The first-order valence-corrected chi connectivity index (χ1v) is 16.8. The lowest BCUT2D eigenvalue weighted by Crippen LogP contribution is -2.16. The zero-order valence-corrected chi connectivity index (χ0v) is 27.4. The summed E-state index contributed by atoms with van der Waals surface area (Å²) in [6.07, 6.45) is 3.70. The molecule has 0 saturated heterocycles. The van der Waals surface area contributed by atoms with E-state index in [0.717, 1.165) is 39.2 Å². The van der Waals surface area contributed by atoms with Gasteiger partial charge in [0, 0.05) is 40.1 Å². The van der Waals surface area contributed by atoms with Crippen LogP contribution in [0.4, 0.5) is 0 Å². The van der Waals surface area contributed by atoms with Crippen molar-refractivity contribution in [3.63, 3.8) is 0 Å². The summed E-state index contributed by atoms with van der Waals surface area (Å²) in [5, 5.41) is 2.37. The molecule has 1 aliphatic rings. The van der Waals surface area contributed by atoms with Gasteiger partial charge in [-0.15, -0.1) is 0 Å². The Labute approximate surface area is 286 Å². The van der Waals surface area contributed by atoms with E-state index >= 15 is 0 Å². The van der Waals surface area contributed by atoms with E-state index in [1.54, 1.807) is 6.20 Å². The molecule has 0 spiro atoms. The van der Waals surface area contributed by atoms with Crippen molar-refractivity contribution in [2.45, 2.75) is 19.3 Å². The third-order valence-corrected chi connectivity index (χ3v) is 9.98. The van der Waals surface area contributed by atoms with Gasteiger partial charge in [0.1, 0.15) is 0 Å². The number of pyridine rings is 1. The zero-order valence-electron chi connectivity index (χ0n) is 27.4. The van der Waals surface area contributed by atoms with Gasteiger partial charge in [-0.05, 0) is 67.9 Å². The lowest BCUT2D eigenvalue weighted by Gasteiger charge is -2.25. The van der Waals surface area contributed by atoms with Crippen molar-refractivity contribution in [3.05, 3.63) is 175 Å². The molecule has 0 fully saturated rings. The molecule has 232 valence electrons. The second-order valence-corrected chi connectivity index (χ2v) is 13.3. The number of rotatable bonds is 5. The molecule has 0 radical (unpaired) electrons. The second-order valence-electron chi connectivity index (χ2n) is 13.3. The SMILES string of the molecule is CC1(C)c2ccccc2-c2cccc(-c3ccc(-c4cc(-c5cccc(-c6cccnc6)c5)nc(-c5ccccc5)n4)c4ccccc34)c21. The largest absolute Gasteiger partial charge is 0.264 e. The Hall–Kier alpha value is -6.19. The van der Waals surface area contributed by atoms with Crippen LogP contribution < -0.4 is 0 Å². The minimum Gasteiger partial charge on any atom is -0.264 e. The highest BCUT2D eigenvalue weighted by Crippen LogP contribution is 2.53. The monoisotopic (exact) mass is 627 g/mol. The topological polar surface area (TPSA) is 38.7 Å². The second kappa shape index (κ2) is 11.5. The Morgan fingerprint density at radius 2 is 1.04 bits per heavy atom. The van der Waals surface area contributed by atoms with E-state index < -0.39 is 0 Å². The van der Waals surface area contributed by atoms with Gasteiger partial charge in [0.2, 0.25) is 0 Å². The van der Waals surface area contributed by atoms with Gasteiger partial charge < -0.3 is 0 Å². The van der Waals surface area contributed by atoms with Crippen molar-refractivity contribution in [1.29, 1.82) is 0 Å². The van der Waals surface area contributed by atoms with E-state index in [9.17, 15) is 0 Å². The van der Waals surface area contributed by atoms with Crippen LogP contribution in [0.2, 0.25) is 0 Å². The van der Waals surface area contributed by atoms with Gasteiger partial charge in [-0.2, -0.15) is 0 Å². The third-order valence-electron chi connectivity index (χ3n) is 9.98. The molecule has 2 heterocycles. The van der Waals surface area contributed by atoms with Crippen LogP contribution in [0, 0.1) is 0 Å². The van der Waals surface area contributed by atoms with E-state index in [1.807, 2.05) is 30.5 Å². The van der Waals surface area contributed by atoms with E-state index in [4.69, 9.17) is 9.97 Å². The van der Waals surface area contributed by atoms with Crippen molar-refractivity contribution < 1.29 is 0 Å². The van der Waals surface area contributed by atoms with Gasteiger partial charge in [0.15, 0.2) is 5.82 Å². The fourth-order valence-electron chi connectivity index (χ4n) is 7.67. The van der Waals surface area contributed by atoms with Crippen molar-refractivity contribution in [3.8, 4) is 67.3 Å². The smallest absolute Gasteiger partial charge is 0.160 e. The number of nitrogens with zero attached hydrogens (tertiary/aromatic N) is 3. The molecule has 8 aromatic rings. The highest BCUT2D eigenvalue weighted by molar-refractivity contribution is 6.06. The number of fused-ring (bicyclic) bond motifs is 4. The van der Waals surface area contributed by atoms with Crippen LogP contribution >= 0.6 is 0 Å². The van der Waals surface area contributed by atoms with E-state index in [2.05, 4.69) is 146 Å². The summed E-state index contributed by atoms with van der Waals surface area (Å²) in [5.74, 6) is 0.702. The predicted octanol–water partition coefficient (Wildman–Crippen LogP) is 11.7. The van der Waals surface area contributed by atoms with Crippen LogP contribution in [0.3, 0.4) is 0 Å². The van der Waals surface area contributed by atoms with Crippen LogP contribution in [-0.2, 0) is 5.41 Å². The highest BCUT2D eigenvalue weighted by atomic mass is 14.9. The Morgan fingerprint density at radius 1 is 0.429 bits per heavy atom. The number of hydrogen-bond acceptors (Lipinski definition) is 3. The molecule has 3 heteroatoms. The van der Waals surface area contributed by atoms with E-state index in [1.165, 1.54) is 44.2 Å². The lowest BCUT2D eigenvalue weighted by molar-refractivity contribution is 0.662. The maximum absolute atomic E-state index is 5.22. The molecule has 6 aromatic carbocycles. The molecular formula is C46H33N3. The fraction of sp³-hybridized carbons (Fsp3) is 0.0652. The van der Waals surface area contributed by atoms with Crippen LogP contribution in [-0.4, -0.2) is 15.0 Å². The Morgan fingerprint density at radius 3 is 1.86 bits per heavy atom. The summed E-state index contributed by atoms with van der Waals surface area (Å²) < 4.78 is 0. The van der Waals surface area contributed by atoms with Gasteiger partial charge in [-0.1, -0.05) is 147 Å². The highest BCUT2D eigenvalue weighted by Gasteiger charge is 2.37. The molecular weight excluding hydrogens is 595 g/mol. The average Bonchev–Trinajstić information content (AvgIpc) is 3.41. The van der Waals surface area contributed by atoms with Crippen molar-refractivity contribution >= 4 is 10.8 Å². The molecule has 49 heavy (non-hydrogen) atoms. The summed E-state index contributed by atoms with van der Waals surface area (Å²) in [7, 11) is 0. The Balaban J connectivity index is 1.24. The molecule has 2 aromatic heterocycles. The van der Waals surface area contributed by atoms with Crippen molar-refractivity contribution in [2.24, 2.45) is 0 Å². The summed E-state index contributed by atoms with van der Waals surface area (Å²) in [6, 6.07) is 53.9. The van der Waals surface area contributed by atoms with Crippen molar-refractivity contribution in [1.82, 2.24) is 15.0 Å². The minimum absolute atomic E-state index is 0.112. The predicted molar refractivity (Wildman–Crippen MR) is 202 cm³/mol. The van der Waals surface area contributed by atoms with Gasteiger partial charge >= 0.3 is 0 Å². The van der Waals surface area contributed by atoms with Gasteiger partial charge in [0.05, 0.1) is 11.4 Å². The third kappa shape index (κ3) is 4.86. The minimum atomic E-state index is -0.112. The van der Waals surface area contributed by atoms with Crippen LogP contribution in [0.1, 0.15) is 25.0 Å². The Kier molecular flexibility index (Phi) is 6.80. The fourth-order valence-corrected chi connectivity index (χ4v) is 7.67. The van der Waals surface area contributed by atoms with Crippen LogP contribution in [0.5, 0.6) is 0 Å². The molecule has 0 N–H and O–H groups in total. The molecule has 3 nitrogen and oxygen atoms in total. The van der Waals surface area contributed by atoms with E-state index in [0.29, 0.717) is 5.82 Å². The first-order chi connectivity index (χ1) is 24.1. The number of hydrogen-bond donors (Lipinski definition) is 0. The molecule has 9 rings (SSSR count). The molecule has 0 unspecified atom stereocenters. The number of benzene rings is 6. The quantitative estimate of drug-likeness (QED) is 0.191. The summed E-state index contributed by atoms with van der Waals surface area (Å²) in [4.78, 5) is 14.7. The molecule has 1 aliphatic carbocycles. The first-order valence-electron chi connectivity index (χ1n) is 16.8. The van der Waals surface area contributed by atoms with Crippen molar-refractivity contribution in [2.75, 3.05) is 0 Å². The first kappa shape index (κ1) is 29.0. The van der Waals surface area contributed by atoms with Gasteiger partial charge in [-0.3, -0.25) is 4.98 Å². The summed E-state index contributed by atoms with van der Waals surface area (Å²) >= 11 is 0. The average molecular weight is 628 g/mol. The molecule has 0 saturated carbocycles. The molecule has 0 atom stereocenters. The van der Waals surface area contributed by atoms with Crippen LogP contribution in [0.25, 0.3) is 78.1 Å². The molecule has 0 amide bonds. The summed E-state index contributed by atoms with van der Waals surface area (Å²) in [6.45, 7) is 4.71.